The van der Waals surface area contributed by atoms with E-state index in [1.165, 1.54) is 0 Å². The Hall–Kier alpha value is -1.36. The van der Waals surface area contributed by atoms with E-state index in [9.17, 15) is 4.79 Å². The van der Waals surface area contributed by atoms with Crippen molar-refractivity contribution in [1.29, 1.82) is 0 Å². The summed E-state index contributed by atoms with van der Waals surface area (Å²) in [6.45, 7) is 5.29. The number of hydrazone groups is 1. The number of benzene rings is 2. The molecule has 2 aromatic carbocycles. The van der Waals surface area contributed by atoms with Crippen molar-refractivity contribution < 1.29 is 14.3 Å². The van der Waals surface area contributed by atoms with Gasteiger partial charge in [0.05, 0.1) is 26.6 Å². The van der Waals surface area contributed by atoms with Gasteiger partial charge in [0.15, 0.2) is 0 Å². The van der Waals surface area contributed by atoms with Crippen LogP contribution in [-0.4, -0.2) is 25.3 Å². The highest BCUT2D eigenvalue weighted by Gasteiger charge is 2.08. The van der Waals surface area contributed by atoms with E-state index in [0.717, 1.165) is 30.6 Å². The molecule has 1 amide bonds. The van der Waals surface area contributed by atoms with Crippen molar-refractivity contribution in [3.05, 3.63) is 54.7 Å². The molecule has 0 unspecified atom stereocenters. The first kappa shape index (κ1) is 20.9. The molecule has 0 atom stereocenters. The van der Waals surface area contributed by atoms with Gasteiger partial charge in [0.2, 0.25) is 0 Å². The summed E-state index contributed by atoms with van der Waals surface area (Å²) in [5.74, 6) is 1.37. The van der Waals surface area contributed by atoms with Gasteiger partial charge in [0.1, 0.15) is 11.5 Å². The third-order valence-electron chi connectivity index (χ3n) is 3.28. The van der Waals surface area contributed by atoms with Gasteiger partial charge in [0, 0.05) is 5.56 Å². The first-order valence-electron chi connectivity index (χ1n) is 8.23. The molecular weight excluding hydrogens is 558 g/mol. The lowest BCUT2D eigenvalue weighted by atomic mass is 10.2. The molecule has 0 aliphatic rings. The lowest BCUT2D eigenvalue weighted by Crippen LogP contribution is -2.17. The second kappa shape index (κ2) is 10.7. The second-order valence-electron chi connectivity index (χ2n) is 5.32. The average Bonchev–Trinajstić information content (AvgIpc) is 2.63. The smallest absolute Gasteiger partial charge is 0.271 e. The van der Waals surface area contributed by atoms with Crippen LogP contribution in [0.1, 0.15) is 36.2 Å². The summed E-state index contributed by atoms with van der Waals surface area (Å²) >= 11 is 4.46. The summed E-state index contributed by atoms with van der Waals surface area (Å²) in [4.78, 5) is 12.1. The summed E-state index contributed by atoms with van der Waals surface area (Å²) in [5, 5.41) is 4.04. The molecule has 0 fully saturated rings. The van der Waals surface area contributed by atoms with Crippen LogP contribution in [0.5, 0.6) is 11.5 Å². The van der Waals surface area contributed by atoms with E-state index in [4.69, 9.17) is 9.47 Å². The molecule has 0 heterocycles. The molecule has 2 rings (SSSR count). The third kappa shape index (κ3) is 6.11. The Balaban J connectivity index is 1.98. The summed E-state index contributed by atoms with van der Waals surface area (Å²) < 4.78 is 13.1. The molecule has 0 spiro atoms. The Kier molecular flexibility index (Phi) is 8.63. The van der Waals surface area contributed by atoms with Crippen molar-refractivity contribution in [1.82, 2.24) is 5.43 Å². The molecule has 0 saturated carbocycles. The maximum Gasteiger partial charge on any atom is 0.271 e. The van der Waals surface area contributed by atoms with E-state index in [2.05, 4.69) is 55.7 Å². The quantitative estimate of drug-likeness (QED) is 0.277. The topological polar surface area (TPSA) is 59.9 Å². The van der Waals surface area contributed by atoms with Gasteiger partial charge in [0.25, 0.3) is 5.91 Å². The predicted octanol–water partition coefficient (Wildman–Crippen LogP) is 4.85. The number of amides is 1. The minimum absolute atomic E-state index is 0.265. The van der Waals surface area contributed by atoms with Crippen molar-refractivity contribution in [2.24, 2.45) is 5.10 Å². The number of hydrogen-bond donors (Lipinski definition) is 1. The average molecular weight is 578 g/mol. The van der Waals surface area contributed by atoms with Crippen LogP contribution >= 0.6 is 45.2 Å². The number of hydrogen-bond acceptors (Lipinski definition) is 4. The Morgan fingerprint density at radius 1 is 1.12 bits per heavy atom. The van der Waals surface area contributed by atoms with Gasteiger partial charge in [-0.15, -0.1) is 0 Å². The highest BCUT2D eigenvalue weighted by molar-refractivity contribution is 14.1. The van der Waals surface area contributed by atoms with E-state index in [1.54, 1.807) is 30.5 Å². The molecule has 5 nitrogen and oxygen atoms in total. The van der Waals surface area contributed by atoms with Gasteiger partial charge in [-0.05, 0) is 100 Å². The zero-order chi connectivity index (χ0) is 18.9. The van der Waals surface area contributed by atoms with Crippen LogP contribution < -0.4 is 14.9 Å². The Morgan fingerprint density at radius 3 is 2.35 bits per heavy atom. The van der Waals surface area contributed by atoms with Crippen LogP contribution in [0.3, 0.4) is 0 Å². The number of nitrogens with one attached hydrogen (secondary N) is 1. The number of nitrogens with zero attached hydrogens (tertiary/aromatic N) is 1. The number of carbonyl (C=O) groups excluding carboxylic acids is 1. The van der Waals surface area contributed by atoms with Gasteiger partial charge in [-0.2, -0.15) is 5.10 Å². The fourth-order valence-corrected chi connectivity index (χ4v) is 4.22. The Labute approximate surface area is 180 Å². The number of halogens is 2. The van der Waals surface area contributed by atoms with Gasteiger partial charge in [-0.1, -0.05) is 6.92 Å². The fraction of sp³-hybridized carbons (Fsp3) is 0.263. The molecule has 26 heavy (non-hydrogen) atoms. The number of rotatable bonds is 8. The van der Waals surface area contributed by atoms with E-state index in [0.29, 0.717) is 18.8 Å². The van der Waals surface area contributed by atoms with Crippen molar-refractivity contribution >= 4 is 57.3 Å². The summed E-state index contributed by atoms with van der Waals surface area (Å²) in [7, 11) is 0. The van der Waals surface area contributed by atoms with Gasteiger partial charge < -0.3 is 9.47 Å². The van der Waals surface area contributed by atoms with Crippen LogP contribution in [0.2, 0.25) is 0 Å². The first-order valence-corrected chi connectivity index (χ1v) is 10.4. The molecule has 0 aliphatic carbocycles. The molecule has 0 saturated heterocycles. The maximum atomic E-state index is 12.1. The molecular formula is C19H20I2N2O3. The minimum atomic E-state index is -0.265. The summed E-state index contributed by atoms with van der Waals surface area (Å²) in [6.07, 6.45) is 2.57. The van der Waals surface area contributed by atoms with E-state index >= 15 is 0 Å². The lowest BCUT2D eigenvalue weighted by molar-refractivity contribution is 0.0955. The maximum absolute atomic E-state index is 12.1. The van der Waals surface area contributed by atoms with Crippen molar-refractivity contribution in [2.45, 2.75) is 20.3 Å². The zero-order valence-electron chi connectivity index (χ0n) is 14.6. The number of ether oxygens (including phenoxy) is 2. The second-order valence-corrected chi connectivity index (χ2v) is 7.64. The molecule has 0 aromatic heterocycles. The van der Waals surface area contributed by atoms with E-state index in [-0.39, 0.29) is 5.91 Å². The molecule has 0 bridgehead atoms. The monoisotopic (exact) mass is 578 g/mol. The van der Waals surface area contributed by atoms with Crippen LogP contribution in [0.15, 0.2) is 41.5 Å². The highest BCUT2D eigenvalue weighted by Crippen LogP contribution is 2.28. The third-order valence-corrected chi connectivity index (χ3v) is 4.88. The molecule has 0 aliphatic heterocycles. The number of carbonyl (C=O) groups is 1. The van der Waals surface area contributed by atoms with Crippen LogP contribution in [0.4, 0.5) is 0 Å². The SMILES string of the molecule is CCCOc1ccc(C(=O)N/N=C\c2cc(I)c(OCC)c(I)c2)cc1. The Morgan fingerprint density at radius 2 is 1.77 bits per heavy atom. The zero-order valence-corrected chi connectivity index (χ0v) is 18.9. The van der Waals surface area contributed by atoms with Crippen molar-refractivity contribution in [2.75, 3.05) is 13.2 Å². The minimum Gasteiger partial charge on any atom is -0.494 e. The van der Waals surface area contributed by atoms with Crippen LogP contribution in [-0.2, 0) is 0 Å². The molecule has 7 heteroatoms. The van der Waals surface area contributed by atoms with Gasteiger partial charge in [-0.25, -0.2) is 5.43 Å². The molecule has 2 aromatic rings. The summed E-state index contributed by atoms with van der Waals surface area (Å²) in [6, 6.07) is 10.9. The summed E-state index contributed by atoms with van der Waals surface area (Å²) in [5.41, 5.74) is 3.97. The highest BCUT2D eigenvalue weighted by atomic mass is 127. The van der Waals surface area contributed by atoms with Gasteiger partial charge >= 0.3 is 0 Å². The molecule has 138 valence electrons. The normalized spacial score (nSPS) is 10.8. The van der Waals surface area contributed by atoms with E-state index < -0.39 is 0 Å². The first-order chi connectivity index (χ1) is 12.5. The molecule has 1 N–H and O–H groups in total. The fourth-order valence-electron chi connectivity index (χ4n) is 2.09. The molecule has 0 radical (unpaired) electrons. The van der Waals surface area contributed by atoms with E-state index in [1.807, 2.05) is 26.0 Å². The standard InChI is InChI=1S/C19H20I2N2O3/c1-3-9-26-15-7-5-14(6-8-15)19(24)23-22-12-13-10-16(20)18(25-4-2)17(21)11-13/h5-8,10-12H,3-4,9H2,1-2H3,(H,23,24)/b22-12-. The largest absolute Gasteiger partial charge is 0.494 e. The predicted molar refractivity (Wildman–Crippen MR) is 120 cm³/mol. The van der Waals surface area contributed by atoms with Crippen LogP contribution in [0, 0.1) is 7.14 Å². The van der Waals surface area contributed by atoms with Crippen molar-refractivity contribution in [3.8, 4) is 11.5 Å². The van der Waals surface area contributed by atoms with Crippen LogP contribution in [0.25, 0.3) is 0 Å². The van der Waals surface area contributed by atoms with Crippen molar-refractivity contribution in [3.63, 3.8) is 0 Å². The Bertz CT molecular complexity index is 754. The lowest BCUT2D eigenvalue weighted by Gasteiger charge is -2.09. The van der Waals surface area contributed by atoms with Gasteiger partial charge in [-0.3, -0.25) is 4.79 Å².